The predicted molar refractivity (Wildman–Crippen MR) is 139 cm³/mol. The second-order valence-electron chi connectivity index (χ2n) is 9.30. The number of carbonyl (C=O) groups excluding carboxylic acids is 4. The van der Waals surface area contributed by atoms with Gasteiger partial charge >= 0.3 is 0 Å². The van der Waals surface area contributed by atoms with Gasteiger partial charge in [0.15, 0.2) is 0 Å². The van der Waals surface area contributed by atoms with Gasteiger partial charge < -0.3 is 15.5 Å². The summed E-state index contributed by atoms with van der Waals surface area (Å²) < 4.78 is 0. The summed E-state index contributed by atoms with van der Waals surface area (Å²) in [6.07, 6.45) is 6.60. The zero-order valence-electron chi connectivity index (χ0n) is 20.3. The van der Waals surface area contributed by atoms with Crippen molar-refractivity contribution in [3.05, 3.63) is 82.1 Å². The summed E-state index contributed by atoms with van der Waals surface area (Å²) >= 11 is 1.65. The molecule has 0 spiro atoms. The maximum Gasteiger partial charge on any atom is 0.243 e. The highest BCUT2D eigenvalue weighted by Crippen LogP contribution is 2.22. The van der Waals surface area contributed by atoms with Crippen LogP contribution in [0.5, 0.6) is 0 Å². The number of nitrogens with zero attached hydrogens (tertiary/aromatic N) is 1. The fraction of sp³-hybridized carbons (Fsp3) is 0.357. The third kappa shape index (κ3) is 6.65. The van der Waals surface area contributed by atoms with Gasteiger partial charge in [-0.15, -0.1) is 0 Å². The molecule has 1 saturated heterocycles. The van der Waals surface area contributed by atoms with Crippen molar-refractivity contribution in [2.75, 3.05) is 6.54 Å². The van der Waals surface area contributed by atoms with Gasteiger partial charge in [0.05, 0.1) is 0 Å². The van der Waals surface area contributed by atoms with Crippen LogP contribution in [0.4, 0.5) is 0 Å². The highest BCUT2D eigenvalue weighted by Gasteiger charge is 2.36. The molecule has 1 aromatic carbocycles. The number of allylic oxidation sites excluding steroid dienone is 2. The first-order valence-electron chi connectivity index (χ1n) is 12.3. The molecule has 1 fully saturated rings. The molecule has 1 aromatic heterocycles. The smallest absolute Gasteiger partial charge is 0.243 e. The molecule has 1 aliphatic carbocycles. The van der Waals surface area contributed by atoms with Gasteiger partial charge in [-0.1, -0.05) is 36.4 Å². The van der Waals surface area contributed by atoms with Gasteiger partial charge in [0.2, 0.25) is 23.4 Å². The number of hydrogen-bond donors (Lipinski definition) is 2. The van der Waals surface area contributed by atoms with Crippen LogP contribution in [0.15, 0.2) is 71.0 Å². The monoisotopic (exact) mass is 505 g/mol. The first kappa shape index (κ1) is 25.7. The zero-order valence-corrected chi connectivity index (χ0v) is 21.1. The Bertz CT molecular complexity index is 1160. The molecule has 2 heterocycles. The zero-order chi connectivity index (χ0) is 25.5. The second-order valence-corrected chi connectivity index (χ2v) is 10.1. The molecule has 3 atom stereocenters. The topological polar surface area (TPSA) is 95.6 Å². The number of likely N-dealkylation sites (tertiary alicyclic amines) is 1. The van der Waals surface area contributed by atoms with E-state index in [1.54, 1.807) is 22.3 Å². The van der Waals surface area contributed by atoms with Gasteiger partial charge in [0.25, 0.3) is 0 Å². The number of amides is 2. The number of benzene rings is 1. The Hall–Kier alpha value is -3.36. The van der Waals surface area contributed by atoms with Crippen molar-refractivity contribution >= 4 is 34.7 Å². The molecule has 2 amide bonds. The molecule has 0 radical (unpaired) electrons. The number of ketones is 2. The molecule has 1 aliphatic heterocycles. The van der Waals surface area contributed by atoms with Gasteiger partial charge in [-0.25, -0.2) is 0 Å². The normalized spacial score (nSPS) is 19.4. The van der Waals surface area contributed by atoms with Crippen LogP contribution in [-0.2, 0) is 32.1 Å². The highest BCUT2D eigenvalue weighted by atomic mass is 32.1. The van der Waals surface area contributed by atoms with E-state index in [-0.39, 0.29) is 23.9 Å². The quantitative estimate of drug-likeness (QED) is 0.362. The molecule has 7 nitrogen and oxygen atoms in total. The van der Waals surface area contributed by atoms with E-state index >= 15 is 0 Å². The highest BCUT2D eigenvalue weighted by molar-refractivity contribution is 7.07. The van der Waals surface area contributed by atoms with E-state index in [0.29, 0.717) is 32.4 Å². The van der Waals surface area contributed by atoms with Gasteiger partial charge in [-0.2, -0.15) is 11.3 Å². The molecule has 2 N–H and O–H groups in total. The minimum absolute atomic E-state index is 0.0136. The Morgan fingerprint density at radius 3 is 2.61 bits per heavy atom. The fourth-order valence-electron chi connectivity index (χ4n) is 4.64. The van der Waals surface area contributed by atoms with Crippen molar-refractivity contribution in [3.63, 3.8) is 0 Å². The maximum atomic E-state index is 13.2. The largest absolute Gasteiger partial charge is 0.352 e. The number of thiophene rings is 1. The van der Waals surface area contributed by atoms with Crippen molar-refractivity contribution in [1.82, 2.24) is 15.5 Å². The maximum absolute atomic E-state index is 13.2. The summed E-state index contributed by atoms with van der Waals surface area (Å²) in [4.78, 5) is 51.0. The summed E-state index contributed by atoms with van der Waals surface area (Å²) in [6.45, 7) is 3.02. The Balaban J connectivity index is 1.38. The van der Waals surface area contributed by atoms with Gasteiger partial charge in [0.1, 0.15) is 6.04 Å². The van der Waals surface area contributed by atoms with Gasteiger partial charge in [-0.05, 0) is 78.4 Å². The molecule has 4 rings (SSSR count). The molecule has 188 valence electrons. The third-order valence-electron chi connectivity index (χ3n) is 6.56. The minimum atomic E-state index is -0.533. The number of hydrogen-bond acceptors (Lipinski definition) is 6. The predicted octanol–water partition coefficient (Wildman–Crippen LogP) is 2.97. The molecular weight excluding hydrogens is 474 g/mol. The average molecular weight is 506 g/mol. The molecule has 2 aliphatic rings. The SMILES string of the molecule is CC(CC(NCCc1ccsc1)C1=CC(=O)C(=O)C=C1)NC(=O)C1CCC(=O)N1Cc1ccccc1. The Morgan fingerprint density at radius 1 is 1.08 bits per heavy atom. The lowest BCUT2D eigenvalue weighted by Crippen LogP contribution is -2.48. The fourth-order valence-corrected chi connectivity index (χ4v) is 5.34. The minimum Gasteiger partial charge on any atom is -0.352 e. The average Bonchev–Trinajstić information content (AvgIpc) is 3.51. The van der Waals surface area contributed by atoms with Crippen LogP contribution in [0, 0.1) is 0 Å². The molecule has 36 heavy (non-hydrogen) atoms. The van der Waals surface area contributed by atoms with Crippen molar-refractivity contribution in [2.24, 2.45) is 0 Å². The van der Waals surface area contributed by atoms with Crippen molar-refractivity contribution in [1.29, 1.82) is 0 Å². The number of rotatable bonds is 11. The van der Waals surface area contributed by atoms with E-state index in [1.165, 1.54) is 17.7 Å². The molecular formula is C28H31N3O4S. The summed E-state index contributed by atoms with van der Waals surface area (Å²) in [6, 6.07) is 10.8. The lowest BCUT2D eigenvalue weighted by Gasteiger charge is -2.28. The van der Waals surface area contributed by atoms with E-state index in [9.17, 15) is 19.2 Å². The first-order valence-corrected chi connectivity index (χ1v) is 13.2. The van der Waals surface area contributed by atoms with Crippen molar-refractivity contribution < 1.29 is 19.2 Å². The molecule has 2 aromatic rings. The second kappa shape index (κ2) is 12.1. The van der Waals surface area contributed by atoms with Gasteiger partial charge in [-0.3, -0.25) is 19.2 Å². The molecule has 0 saturated carbocycles. The lowest BCUT2D eigenvalue weighted by atomic mass is 9.94. The van der Waals surface area contributed by atoms with E-state index in [1.807, 2.05) is 42.6 Å². The summed E-state index contributed by atoms with van der Waals surface area (Å²) in [5.74, 6) is -1.24. The Kier molecular flexibility index (Phi) is 8.61. The first-order chi connectivity index (χ1) is 17.4. The summed E-state index contributed by atoms with van der Waals surface area (Å²) in [5, 5.41) is 10.7. The molecule has 8 heteroatoms. The number of nitrogens with one attached hydrogen (secondary N) is 2. The third-order valence-corrected chi connectivity index (χ3v) is 7.29. The van der Waals surface area contributed by atoms with Crippen LogP contribution in [-0.4, -0.2) is 53.0 Å². The summed E-state index contributed by atoms with van der Waals surface area (Å²) in [7, 11) is 0. The van der Waals surface area contributed by atoms with Crippen LogP contribution in [0.2, 0.25) is 0 Å². The van der Waals surface area contributed by atoms with Crippen molar-refractivity contribution in [2.45, 2.75) is 57.3 Å². The lowest BCUT2D eigenvalue weighted by molar-refractivity contribution is -0.136. The molecule has 3 unspecified atom stereocenters. The standard InChI is InChI=1S/C28H31N3O4S/c1-19(30-28(35)24-8-10-27(34)31(24)17-20-5-3-2-4-6-20)15-23(22-7-9-25(32)26(33)16-22)29-13-11-21-12-14-36-18-21/h2-7,9,12,14,16,18-19,23-24,29H,8,10-11,13,15,17H2,1H3,(H,30,35). The number of carbonyl (C=O) groups is 4. The van der Waals surface area contributed by atoms with Crippen LogP contribution in [0.1, 0.15) is 37.3 Å². The van der Waals surface area contributed by atoms with E-state index in [4.69, 9.17) is 0 Å². The van der Waals surface area contributed by atoms with Crippen LogP contribution >= 0.6 is 11.3 Å². The van der Waals surface area contributed by atoms with E-state index < -0.39 is 17.6 Å². The van der Waals surface area contributed by atoms with Crippen LogP contribution < -0.4 is 10.6 Å². The van der Waals surface area contributed by atoms with Crippen LogP contribution in [0.25, 0.3) is 0 Å². The Labute approximate surface area is 215 Å². The Morgan fingerprint density at radius 2 is 1.89 bits per heavy atom. The van der Waals surface area contributed by atoms with Gasteiger partial charge in [0, 0.05) is 25.0 Å². The van der Waals surface area contributed by atoms with Crippen LogP contribution in [0.3, 0.4) is 0 Å². The van der Waals surface area contributed by atoms with E-state index in [2.05, 4.69) is 22.1 Å². The molecule has 0 bridgehead atoms. The van der Waals surface area contributed by atoms with E-state index in [0.717, 1.165) is 17.6 Å². The van der Waals surface area contributed by atoms with Crippen molar-refractivity contribution in [3.8, 4) is 0 Å². The summed E-state index contributed by atoms with van der Waals surface area (Å²) in [5.41, 5.74) is 2.95.